The second-order valence-electron chi connectivity index (χ2n) is 2.89. The van der Waals surface area contributed by atoms with Crippen LogP contribution in [0.25, 0.3) is 0 Å². The van der Waals surface area contributed by atoms with Crippen LogP contribution in [0.2, 0.25) is 0 Å². The van der Waals surface area contributed by atoms with Crippen molar-refractivity contribution in [1.82, 2.24) is 4.98 Å². The number of hydrogen-bond donors (Lipinski definition) is 1. The fourth-order valence-corrected chi connectivity index (χ4v) is 0.896. The van der Waals surface area contributed by atoms with Gasteiger partial charge in [-0.15, -0.1) is 0 Å². The van der Waals surface area contributed by atoms with Crippen LogP contribution in [-0.4, -0.2) is 17.0 Å². The van der Waals surface area contributed by atoms with Crippen LogP contribution >= 0.6 is 0 Å². The summed E-state index contributed by atoms with van der Waals surface area (Å²) in [6, 6.07) is 3.24. The number of nitrogens with two attached hydrogens (primary N) is 1. The summed E-state index contributed by atoms with van der Waals surface area (Å²) in [6.45, 7) is 3.72. The van der Waals surface area contributed by atoms with Crippen molar-refractivity contribution in [2.45, 2.75) is 20.0 Å². The Morgan fingerprint density at radius 1 is 1.62 bits per heavy atom. The average molecular weight is 180 g/mol. The second-order valence-corrected chi connectivity index (χ2v) is 2.89. The van der Waals surface area contributed by atoms with Gasteiger partial charge in [0.05, 0.1) is 6.10 Å². The SMILES string of the molecule is CC(C)Oc1ncccc1C(N)=O. The van der Waals surface area contributed by atoms with Crippen LogP contribution in [0, 0.1) is 0 Å². The third-order valence-corrected chi connectivity index (χ3v) is 1.38. The number of hydrogen-bond acceptors (Lipinski definition) is 3. The van der Waals surface area contributed by atoms with E-state index in [1.54, 1.807) is 18.3 Å². The molecule has 0 unspecified atom stereocenters. The van der Waals surface area contributed by atoms with Gasteiger partial charge in [0, 0.05) is 6.20 Å². The predicted octanol–water partition coefficient (Wildman–Crippen LogP) is 0.968. The van der Waals surface area contributed by atoms with Gasteiger partial charge in [-0.05, 0) is 26.0 Å². The average Bonchev–Trinajstić information content (AvgIpc) is 2.03. The van der Waals surface area contributed by atoms with Crippen LogP contribution in [0.4, 0.5) is 0 Å². The van der Waals surface area contributed by atoms with Crippen LogP contribution in [0.1, 0.15) is 24.2 Å². The minimum atomic E-state index is -0.524. The first-order valence-corrected chi connectivity index (χ1v) is 4.02. The van der Waals surface area contributed by atoms with E-state index in [0.717, 1.165) is 0 Å². The maximum Gasteiger partial charge on any atom is 0.254 e. The number of amides is 1. The summed E-state index contributed by atoms with van der Waals surface area (Å²) in [4.78, 5) is 14.8. The monoisotopic (exact) mass is 180 g/mol. The van der Waals surface area contributed by atoms with Crippen molar-refractivity contribution in [3.8, 4) is 5.88 Å². The molecule has 1 rings (SSSR count). The Labute approximate surface area is 76.7 Å². The first-order valence-electron chi connectivity index (χ1n) is 4.02. The number of carbonyl (C=O) groups excluding carboxylic acids is 1. The third kappa shape index (κ3) is 2.43. The Balaban J connectivity index is 2.98. The van der Waals surface area contributed by atoms with E-state index < -0.39 is 5.91 Å². The molecular weight excluding hydrogens is 168 g/mol. The molecule has 0 atom stereocenters. The number of pyridine rings is 1. The molecule has 1 aromatic heterocycles. The lowest BCUT2D eigenvalue weighted by Gasteiger charge is -2.10. The Morgan fingerprint density at radius 2 is 2.31 bits per heavy atom. The fraction of sp³-hybridized carbons (Fsp3) is 0.333. The van der Waals surface area contributed by atoms with Crippen molar-refractivity contribution >= 4 is 5.91 Å². The molecule has 0 aliphatic heterocycles. The summed E-state index contributed by atoms with van der Waals surface area (Å²) in [6.07, 6.45) is 1.54. The zero-order chi connectivity index (χ0) is 9.84. The molecular formula is C9H12N2O2. The summed E-state index contributed by atoms with van der Waals surface area (Å²) in [5, 5.41) is 0. The largest absolute Gasteiger partial charge is 0.474 e. The van der Waals surface area contributed by atoms with Gasteiger partial charge in [0.1, 0.15) is 5.56 Å². The van der Waals surface area contributed by atoms with E-state index >= 15 is 0 Å². The number of nitrogens with zero attached hydrogens (tertiary/aromatic N) is 1. The minimum Gasteiger partial charge on any atom is -0.474 e. The van der Waals surface area contributed by atoms with Crippen molar-refractivity contribution < 1.29 is 9.53 Å². The zero-order valence-electron chi connectivity index (χ0n) is 7.65. The Morgan fingerprint density at radius 3 is 2.85 bits per heavy atom. The molecule has 1 amide bonds. The molecule has 1 aromatic rings. The van der Waals surface area contributed by atoms with Crippen molar-refractivity contribution in [2.24, 2.45) is 5.73 Å². The van der Waals surface area contributed by atoms with Crippen LogP contribution in [0.3, 0.4) is 0 Å². The van der Waals surface area contributed by atoms with E-state index in [4.69, 9.17) is 10.5 Å². The molecule has 13 heavy (non-hydrogen) atoms. The Bertz CT molecular complexity index is 310. The van der Waals surface area contributed by atoms with Gasteiger partial charge in [0.25, 0.3) is 5.91 Å². The van der Waals surface area contributed by atoms with Crippen molar-refractivity contribution in [3.05, 3.63) is 23.9 Å². The van der Waals surface area contributed by atoms with Crippen molar-refractivity contribution in [3.63, 3.8) is 0 Å². The lowest BCUT2D eigenvalue weighted by molar-refractivity contribution is 0.0993. The molecule has 0 radical (unpaired) electrons. The molecule has 0 saturated carbocycles. The van der Waals surface area contributed by atoms with Gasteiger partial charge in [-0.1, -0.05) is 0 Å². The van der Waals surface area contributed by atoms with Gasteiger partial charge >= 0.3 is 0 Å². The summed E-state index contributed by atoms with van der Waals surface area (Å²) in [5.74, 6) is -0.228. The number of carbonyl (C=O) groups is 1. The third-order valence-electron chi connectivity index (χ3n) is 1.38. The lowest BCUT2D eigenvalue weighted by atomic mass is 10.2. The van der Waals surface area contributed by atoms with E-state index in [1.165, 1.54) is 0 Å². The summed E-state index contributed by atoms with van der Waals surface area (Å²) >= 11 is 0. The second kappa shape index (κ2) is 3.89. The molecule has 0 saturated heterocycles. The predicted molar refractivity (Wildman–Crippen MR) is 48.5 cm³/mol. The number of rotatable bonds is 3. The van der Waals surface area contributed by atoms with Crippen LogP contribution < -0.4 is 10.5 Å². The van der Waals surface area contributed by atoms with Crippen LogP contribution in [-0.2, 0) is 0 Å². The fourth-order valence-electron chi connectivity index (χ4n) is 0.896. The molecule has 0 spiro atoms. The standard InChI is InChI=1S/C9H12N2O2/c1-6(2)13-9-7(8(10)12)4-3-5-11-9/h3-6H,1-2H3,(H2,10,12). The molecule has 0 aliphatic rings. The molecule has 0 fully saturated rings. The summed E-state index contributed by atoms with van der Waals surface area (Å²) < 4.78 is 5.29. The highest BCUT2D eigenvalue weighted by Crippen LogP contribution is 2.14. The van der Waals surface area contributed by atoms with E-state index in [9.17, 15) is 4.79 Å². The summed E-state index contributed by atoms with van der Waals surface area (Å²) in [5.41, 5.74) is 5.45. The van der Waals surface area contributed by atoms with Crippen molar-refractivity contribution in [1.29, 1.82) is 0 Å². The van der Waals surface area contributed by atoms with E-state index in [1.807, 2.05) is 13.8 Å². The molecule has 4 nitrogen and oxygen atoms in total. The van der Waals surface area contributed by atoms with Crippen LogP contribution in [0.5, 0.6) is 5.88 Å². The highest BCUT2D eigenvalue weighted by Gasteiger charge is 2.10. The van der Waals surface area contributed by atoms with E-state index in [2.05, 4.69) is 4.98 Å². The molecule has 2 N–H and O–H groups in total. The molecule has 0 aliphatic carbocycles. The van der Waals surface area contributed by atoms with Gasteiger partial charge in [-0.25, -0.2) is 4.98 Å². The maximum atomic E-state index is 10.9. The number of aromatic nitrogens is 1. The molecule has 1 heterocycles. The number of ether oxygens (including phenoxy) is 1. The normalized spacial score (nSPS) is 10.1. The van der Waals surface area contributed by atoms with E-state index in [0.29, 0.717) is 11.4 Å². The van der Waals surface area contributed by atoms with Gasteiger partial charge in [-0.3, -0.25) is 4.79 Å². The lowest BCUT2D eigenvalue weighted by Crippen LogP contribution is -2.16. The first-order chi connectivity index (χ1) is 6.11. The Kier molecular flexibility index (Phi) is 2.84. The topological polar surface area (TPSA) is 65.2 Å². The quantitative estimate of drug-likeness (QED) is 0.753. The van der Waals surface area contributed by atoms with Gasteiger partial charge < -0.3 is 10.5 Å². The van der Waals surface area contributed by atoms with Crippen LogP contribution in [0.15, 0.2) is 18.3 Å². The first kappa shape index (κ1) is 9.51. The van der Waals surface area contributed by atoms with Gasteiger partial charge in [-0.2, -0.15) is 0 Å². The number of primary amides is 1. The Hall–Kier alpha value is -1.58. The minimum absolute atomic E-state index is 0.0204. The van der Waals surface area contributed by atoms with Gasteiger partial charge in [0.2, 0.25) is 5.88 Å². The zero-order valence-corrected chi connectivity index (χ0v) is 7.65. The molecule has 70 valence electrons. The molecule has 0 aromatic carbocycles. The van der Waals surface area contributed by atoms with Crippen molar-refractivity contribution in [2.75, 3.05) is 0 Å². The highest BCUT2D eigenvalue weighted by molar-refractivity contribution is 5.94. The highest BCUT2D eigenvalue weighted by atomic mass is 16.5. The molecule has 0 bridgehead atoms. The molecule has 4 heteroatoms. The maximum absolute atomic E-state index is 10.9. The smallest absolute Gasteiger partial charge is 0.254 e. The van der Waals surface area contributed by atoms with E-state index in [-0.39, 0.29) is 6.10 Å². The van der Waals surface area contributed by atoms with Gasteiger partial charge in [0.15, 0.2) is 0 Å². The summed E-state index contributed by atoms with van der Waals surface area (Å²) in [7, 11) is 0.